The zero-order valence-corrected chi connectivity index (χ0v) is 18.3. The second-order valence-corrected chi connectivity index (χ2v) is 11.8. The molecule has 0 aromatic heterocycles. The largest absolute Gasteiger partial charge is 0.393 e. The van der Waals surface area contributed by atoms with Crippen LogP contribution in [0.2, 0.25) is 0 Å². The number of aldehydes is 2. The summed E-state index contributed by atoms with van der Waals surface area (Å²) in [6.45, 7) is 11.9. The maximum Gasteiger partial charge on any atom is 0.146 e. The van der Waals surface area contributed by atoms with Crippen molar-refractivity contribution in [3.8, 4) is 0 Å². The molecule has 4 aliphatic rings. The molecule has 0 saturated heterocycles. The van der Waals surface area contributed by atoms with Gasteiger partial charge in [-0.05, 0) is 78.1 Å². The van der Waals surface area contributed by atoms with Gasteiger partial charge in [0.2, 0.25) is 0 Å². The maximum atomic E-state index is 12.1. The van der Waals surface area contributed by atoms with E-state index in [0.29, 0.717) is 22.8 Å². The molecule has 4 aliphatic carbocycles. The minimum atomic E-state index is -0.536. The van der Waals surface area contributed by atoms with Crippen LogP contribution in [0, 0.1) is 45.3 Å². The summed E-state index contributed by atoms with van der Waals surface area (Å²) >= 11 is 0. The van der Waals surface area contributed by atoms with E-state index in [2.05, 4.69) is 34.6 Å². The van der Waals surface area contributed by atoms with Gasteiger partial charge in [-0.25, -0.2) is 0 Å². The minimum Gasteiger partial charge on any atom is -0.393 e. The Labute approximate surface area is 170 Å². The normalized spacial score (nSPS) is 52.5. The van der Waals surface area contributed by atoms with E-state index in [4.69, 9.17) is 0 Å². The summed E-state index contributed by atoms with van der Waals surface area (Å²) < 4.78 is 0. The minimum absolute atomic E-state index is 0.110. The smallest absolute Gasteiger partial charge is 0.146 e. The van der Waals surface area contributed by atoms with Crippen molar-refractivity contribution in [3.63, 3.8) is 0 Å². The molecule has 0 spiro atoms. The van der Waals surface area contributed by atoms with Crippen molar-refractivity contribution in [1.29, 1.82) is 0 Å². The van der Waals surface area contributed by atoms with Crippen molar-refractivity contribution < 1.29 is 14.7 Å². The number of aliphatic hydroxyl groups excluding tert-OH is 1. The first-order valence-corrected chi connectivity index (χ1v) is 11.3. The highest BCUT2D eigenvalue weighted by Gasteiger charge is 2.67. The third-order valence-electron chi connectivity index (χ3n) is 10.5. The number of hydrogen-bond donors (Lipinski definition) is 1. The molecule has 156 valence electrons. The number of carbonyl (C=O) groups is 2. The quantitative estimate of drug-likeness (QED) is 0.682. The Kier molecular flexibility index (Phi) is 4.55. The zero-order valence-electron chi connectivity index (χ0n) is 18.3. The van der Waals surface area contributed by atoms with Gasteiger partial charge < -0.3 is 9.90 Å². The molecule has 3 unspecified atom stereocenters. The summed E-state index contributed by atoms with van der Waals surface area (Å²) in [5.74, 6) is 0.945. The van der Waals surface area contributed by atoms with Crippen LogP contribution >= 0.6 is 0 Å². The Morgan fingerprint density at radius 3 is 2.29 bits per heavy atom. The van der Waals surface area contributed by atoms with Gasteiger partial charge in [0.15, 0.2) is 0 Å². The summed E-state index contributed by atoms with van der Waals surface area (Å²) in [6.07, 6.45) is 11.1. The van der Waals surface area contributed by atoms with Gasteiger partial charge in [0.05, 0.1) is 12.0 Å². The lowest BCUT2D eigenvalue weighted by molar-refractivity contribution is -0.231. The molecule has 0 bridgehead atoms. The van der Waals surface area contributed by atoms with Gasteiger partial charge in [-0.3, -0.25) is 4.79 Å². The molecule has 8 atom stereocenters. The van der Waals surface area contributed by atoms with Crippen LogP contribution in [0.1, 0.15) is 79.6 Å². The summed E-state index contributed by atoms with van der Waals surface area (Å²) in [5, 5.41) is 11.5. The second kappa shape index (κ2) is 6.27. The van der Waals surface area contributed by atoms with E-state index in [-0.39, 0.29) is 16.7 Å². The number of fused-ring (bicyclic) bond motifs is 5. The van der Waals surface area contributed by atoms with Crippen LogP contribution in [-0.2, 0) is 9.59 Å². The monoisotopic (exact) mass is 386 g/mol. The number of rotatable bonds is 2. The molecule has 0 aromatic rings. The molecule has 0 aromatic carbocycles. The highest BCUT2D eigenvalue weighted by molar-refractivity contribution is 5.82. The first kappa shape index (κ1) is 20.3. The molecule has 3 heteroatoms. The van der Waals surface area contributed by atoms with E-state index in [9.17, 15) is 14.7 Å². The molecule has 0 aliphatic heterocycles. The average molecular weight is 387 g/mol. The highest BCUT2D eigenvalue weighted by atomic mass is 16.3. The molecule has 0 heterocycles. The zero-order chi connectivity index (χ0) is 20.5. The topological polar surface area (TPSA) is 54.4 Å². The van der Waals surface area contributed by atoms with E-state index in [1.165, 1.54) is 32.1 Å². The Morgan fingerprint density at radius 2 is 1.64 bits per heavy atom. The lowest BCUT2D eigenvalue weighted by Gasteiger charge is -2.70. The van der Waals surface area contributed by atoms with Gasteiger partial charge in [0, 0.05) is 5.41 Å². The molecule has 0 amide bonds. The third-order valence-corrected chi connectivity index (χ3v) is 10.5. The molecular weight excluding hydrogens is 348 g/mol. The number of carbonyl (C=O) groups excluding carboxylic acids is 2. The summed E-state index contributed by atoms with van der Waals surface area (Å²) in [4.78, 5) is 23.7. The third kappa shape index (κ3) is 2.38. The van der Waals surface area contributed by atoms with Gasteiger partial charge in [-0.2, -0.15) is 0 Å². The van der Waals surface area contributed by atoms with Crippen LogP contribution < -0.4 is 0 Å². The van der Waals surface area contributed by atoms with E-state index in [0.717, 1.165) is 25.4 Å². The van der Waals surface area contributed by atoms with Crippen LogP contribution in [0.25, 0.3) is 0 Å². The molecule has 1 N–H and O–H groups in total. The van der Waals surface area contributed by atoms with Crippen LogP contribution in [0.15, 0.2) is 11.6 Å². The Morgan fingerprint density at radius 1 is 0.964 bits per heavy atom. The predicted molar refractivity (Wildman–Crippen MR) is 111 cm³/mol. The van der Waals surface area contributed by atoms with Crippen LogP contribution in [-0.4, -0.2) is 23.8 Å². The van der Waals surface area contributed by atoms with Crippen LogP contribution in [0.5, 0.6) is 0 Å². The van der Waals surface area contributed by atoms with Crippen molar-refractivity contribution in [2.24, 2.45) is 45.3 Å². The van der Waals surface area contributed by atoms with Crippen molar-refractivity contribution >= 4 is 12.6 Å². The van der Waals surface area contributed by atoms with Gasteiger partial charge in [0.25, 0.3) is 0 Å². The molecular formula is C25H38O3. The van der Waals surface area contributed by atoms with E-state index >= 15 is 0 Å². The number of aliphatic hydroxyl groups is 1. The van der Waals surface area contributed by atoms with Crippen molar-refractivity contribution in [3.05, 3.63) is 11.6 Å². The van der Waals surface area contributed by atoms with Crippen LogP contribution in [0.4, 0.5) is 0 Å². The summed E-state index contributed by atoms with van der Waals surface area (Å²) in [7, 11) is 0. The summed E-state index contributed by atoms with van der Waals surface area (Å²) in [6, 6.07) is 0. The molecule has 3 nitrogen and oxygen atoms in total. The Hall–Kier alpha value is -0.960. The number of hydrogen-bond acceptors (Lipinski definition) is 3. The van der Waals surface area contributed by atoms with Crippen molar-refractivity contribution in [2.45, 2.75) is 85.7 Å². The van der Waals surface area contributed by atoms with Gasteiger partial charge >= 0.3 is 0 Å². The fourth-order valence-electron chi connectivity index (χ4n) is 9.10. The van der Waals surface area contributed by atoms with Gasteiger partial charge in [-0.15, -0.1) is 0 Å². The van der Waals surface area contributed by atoms with E-state index < -0.39 is 17.4 Å². The molecule has 3 fully saturated rings. The van der Waals surface area contributed by atoms with E-state index in [1.807, 2.05) is 6.08 Å². The second-order valence-electron chi connectivity index (χ2n) is 11.8. The predicted octanol–water partition coefficient (Wildman–Crippen LogP) is 4.97. The van der Waals surface area contributed by atoms with Gasteiger partial charge in [-0.1, -0.05) is 47.1 Å². The lowest BCUT2D eigenvalue weighted by Crippen LogP contribution is -2.66. The first-order chi connectivity index (χ1) is 13.1. The fraction of sp³-hybridized carbons (Fsp3) is 0.840. The number of allylic oxidation sites excluding steroid dienone is 2. The first-order valence-electron chi connectivity index (χ1n) is 11.3. The Balaban J connectivity index is 1.81. The molecule has 3 saturated carbocycles. The standard InChI is InChI=1S/C25H38O3/c1-22(2)10-6-11-23(3)18(22)9-12-24(4)19-8-7-16(14-26)17(15-27)25(19,5)21(28)13-20(23)24/h7,14-15,17-21,28H,6,8-13H2,1-5H3/t17-,18?,19?,20?,21-,23+,24+,25-/m1/s1. The SMILES string of the molecule is CC1(C)CCC[C@@]2(C)C1CC[C@]1(C)C2C[C@@H](O)[C@@]2(C)C1CC=C(C=O)[C@H]2C=O. The Bertz CT molecular complexity index is 709. The van der Waals surface area contributed by atoms with E-state index in [1.54, 1.807) is 0 Å². The molecule has 28 heavy (non-hydrogen) atoms. The van der Waals surface area contributed by atoms with Crippen LogP contribution in [0.3, 0.4) is 0 Å². The average Bonchev–Trinajstić information content (AvgIpc) is 2.62. The maximum absolute atomic E-state index is 12.1. The van der Waals surface area contributed by atoms with Gasteiger partial charge in [0.1, 0.15) is 12.6 Å². The highest BCUT2D eigenvalue weighted by Crippen LogP contribution is 2.72. The van der Waals surface area contributed by atoms with Crippen molar-refractivity contribution in [1.82, 2.24) is 0 Å². The fourth-order valence-corrected chi connectivity index (χ4v) is 9.10. The summed E-state index contributed by atoms with van der Waals surface area (Å²) in [5.41, 5.74) is 0.767. The molecule has 4 rings (SSSR count). The lowest BCUT2D eigenvalue weighted by atomic mass is 9.35. The molecule has 0 radical (unpaired) electrons. The van der Waals surface area contributed by atoms with Crippen molar-refractivity contribution in [2.75, 3.05) is 0 Å².